The molecule has 1 atom stereocenters. The molecule has 0 aliphatic rings. The lowest BCUT2D eigenvalue weighted by Crippen LogP contribution is -2.41. The highest BCUT2D eigenvalue weighted by Gasteiger charge is 2.19. The standard InChI is InChI=1S/C23H30FNO5/c1-5-28-22(15-29-19-9-7-18(24)8-10-19)23(26)25-13-12-17-6-11-20(30-16(2)3)21(14-17)27-4/h6-11,14,16,22H,5,12-13,15H2,1-4H3,(H,25,26)/t22-/m1/s1. The summed E-state index contributed by atoms with van der Waals surface area (Å²) in [6.07, 6.45) is -0.0741. The summed E-state index contributed by atoms with van der Waals surface area (Å²) in [5.41, 5.74) is 1.01. The van der Waals surface area contributed by atoms with E-state index in [1.54, 1.807) is 7.11 Å². The molecule has 0 heterocycles. The summed E-state index contributed by atoms with van der Waals surface area (Å²) in [4.78, 5) is 12.5. The van der Waals surface area contributed by atoms with Crippen LogP contribution < -0.4 is 19.5 Å². The number of nitrogens with one attached hydrogen (secondary N) is 1. The zero-order valence-corrected chi connectivity index (χ0v) is 17.9. The molecular weight excluding hydrogens is 389 g/mol. The maximum Gasteiger partial charge on any atom is 0.252 e. The second kappa shape index (κ2) is 12.0. The fourth-order valence-corrected chi connectivity index (χ4v) is 2.77. The summed E-state index contributed by atoms with van der Waals surface area (Å²) in [5, 5.41) is 2.87. The molecular formula is C23H30FNO5. The van der Waals surface area contributed by atoms with Crippen molar-refractivity contribution in [3.8, 4) is 17.2 Å². The number of hydrogen-bond donors (Lipinski definition) is 1. The second-order valence-corrected chi connectivity index (χ2v) is 6.90. The van der Waals surface area contributed by atoms with Gasteiger partial charge in [-0.1, -0.05) is 6.07 Å². The molecule has 164 valence electrons. The maximum atomic E-state index is 13.0. The highest BCUT2D eigenvalue weighted by Crippen LogP contribution is 2.29. The number of hydrogen-bond acceptors (Lipinski definition) is 5. The Morgan fingerprint density at radius 3 is 2.47 bits per heavy atom. The number of carbonyl (C=O) groups is 1. The van der Waals surface area contributed by atoms with Crippen LogP contribution in [0.15, 0.2) is 42.5 Å². The lowest BCUT2D eigenvalue weighted by atomic mass is 10.1. The number of methoxy groups -OCH3 is 1. The van der Waals surface area contributed by atoms with Crippen molar-refractivity contribution in [1.82, 2.24) is 5.32 Å². The molecule has 0 aliphatic carbocycles. The van der Waals surface area contributed by atoms with Crippen LogP contribution in [-0.2, 0) is 16.0 Å². The predicted molar refractivity (Wildman–Crippen MR) is 113 cm³/mol. The van der Waals surface area contributed by atoms with Gasteiger partial charge in [0.1, 0.15) is 18.2 Å². The van der Waals surface area contributed by atoms with E-state index in [0.717, 1.165) is 5.56 Å². The van der Waals surface area contributed by atoms with Crippen LogP contribution in [0.5, 0.6) is 17.2 Å². The molecule has 0 saturated heterocycles. The Morgan fingerprint density at radius 2 is 1.83 bits per heavy atom. The number of benzene rings is 2. The average molecular weight is 419 g/mol. The van der Waals surface area contributed by atoms with E-state index in [1.165, 1.54) is 24.3 Å². The molecule has 2 aromatic rings. The van der Waals surface area contributed by atoms with Crippen LogP contribution in [0.25, 0.3) is 0 Å². The van der Waals surface area contributed by atoms with Crippen molar-refractivity contribution in [3.63, 3.8) is 0 Å². The Labute approximate surface area is 177 Å². The van der Waals surface area contributed by atoms with Crippen molar-refractivity contribution in [2.24, 2.45) is 0 Å². The average Bonchev–Trinajstić information content (AvgIpc) is 2.72. The Kier molecular flexibility index (Phi) is 9.41. The largest absolute Gasteiger partial charge is 0.493 e. The van der Waals surface area contributed by atoms with E-state index < -0.39 is 6.10 Å². The first-order chi connectivity index (χ1) is 14.4. The van der Waals surface area contributed by atoms with Gasteiger partial charge in [-0.05, 0) is 69.2 Å². The Hall–Kier alpha value is -2.80. The topological polar surface area (TPSA) is 66.0 Å². The van der Waals surface area contributed by atoms with Gasteiger partial charge in [0, 0.05) is 13.2 Å². The first kappa shape index (κ1) is 23.5. The van der Waals surface area contributed by atoms with Crippen LogP contribution >= 0.6 is 0 Å². The fourth-order valence-electron chi connectivity index (χ4n) is 2.77. The van der Waals surface area contributed by atoms with E-state index >= 15 is 0 Å². The zero-order chi connectivity index (χ0) is 21.9. The lowest BCUT2D eigenvalue weighted by molar-refractivity contribution is -0.134. The molecule has 0 bridgehead atoms. The first-order valence-electron chi connectivity index (χ1n) is 10.0. The second-order valence-electron chi connectivity index (χ2n) is 6.90. The minimum atomic E-state index is -0.753. The molecule has 7 heteroatoms. The third kappa shape index (κ3) is 7.55. The van der Waals surface area contributed by atoms with E-state index in [0.29, 0.717) is 36.8 Å². The summed E-state index contributed by atoms with van der Waals surface area (Å²) >= 11 is 0. The number of amides is 1. The van der Waals surface area contributed by atoms with Crippen LogP contribution in [0.1, 0.15) is 26.3 Å². The summed E-state index contributed by atoms with van der Waals surface area (Å²) < 4.78 is 35.1. The lowest BCUT2D eigenvalue weighted by Gasteiger charge is -2.18. The Morgan fingerprint density at radius 1 is 1.10 bits per heavy atom. The van der Waals surface area contributed by atoms with Crippen molar-refractivity contribution < 1.29 is 28.1 Å². The summed E-state index contributed by atoms with van der Waals surface area (Å²) in [5.74, 6) is 1.22. The van der Waals surface area contributed by atoms with Gasteiger partial charge in [-0.3, -0.25) is 4.79 Å². The maximum absolute atomic E-state index is 13.0. The Balaban J connectivity index is 1.86. The molecule has 0 radical (unpaired) electrons. The number of halogens is 1. The third-order valence-corrected chi connectivity index (χ3v) is 4.18. The predicted octanol–water partition coefficient (Wildman–Crippen LogP) is 3.76. The van der Waals surface area contributed by atoms with Crippen molar-refractivity contribution in [2.75, 3.05) is 26.9 Å². The first-order valence-corrected chi connectivity index (χ1v) is 10.0. The molecule has 6 nitrogen and oxygen atoms in total. The van der Waals surface area contributed by atoms with E-state index in [1.807, 2.05) is 39.0 Å². The van der Waals surface area contributed by atoms with Crippen LogP contribution in [0, 0.1) is 5.82 Å². The molecule has 1 N–H and O–H groups in total. The normalized spacial score (nSPS) is 11.8. The molecule has 0 unspecified atom stereocenters. The van der Waals surface area contributed by atoms with E-state index in [4.69, 9.17) is 18.9 Å². The summed E-state index contributed by atoms with van der Waals surface area (Å²) in [6.45, 7) is 6.58. The van der Waals surface area contributed by atoms with Gasteiger partial charge in [0.05, 0.1) is 13.2 Å². The van der Waals surface area contributed by atoms with Gasteiger partial charge in [0.15, 0.2) is 17.6 Å². The van der Waals surface area contributed by atoms with Crippen molar-refractivity contribution in [3.05, 3.63) is 53.8 Å². The van der Waals surface area contributed by atoms with Crippen molar-refractivity contribution >= 4 is 5.91 Å². The van der Waals surface area contributed by atoms with Gasteiger partial charge >= 0.3 is 0 Å². The molecule has 0 aromatic heterocycles. The van der Waals surface area contributed by atoms with Crippen molar-refractivity contribution in [1.29, 1.82) is 0 Å². The molecule has 2 rings (SSSR count). The van der Waals surface area contributed by atoms with Crippen LogP contribution in [-0.4, -0.2) is 45.0 Å². The smallest absolute Gasteiger partial charge is 0.252 e. The number of rotatable bonds is 12. The van der Waals surface area contributed by atoms with E-state index in [-0.39, 0.29) is 24.4 Å². The molecule has 0 aliphatic heterocycles. The molecule has 0 fully saturated rings. The molecule has 2 aromatic carbocycles. The zero-order valence-electron chi connectivity index (χ0n) is 17.9. The minimum absolute atomic E-state index is 0.0420. The Bertz CT molecular complexity index is 795. The van der Waals surface area contributed by atoms with E-state index in [2.05, 4.69) is 5.32 Å². The molecule has 0 saturated carbocycles. The quantitative estimate of drug-likeness (QED) is 0.567. The summed E-state index contributed by atoms with van der Waals surface area (Å²) in [6, 6.07) is 11.3. The van der Waals surface area contributed by atoms with Crippen LogP contribution in [0.4, 0.5) is 4.39 Å². The van der Waals surface area contributed by atoms with Gasteiger partial charge in [-0.2, -0.15) is 0 Å². The molecule has 1 amide bonds. The van der Waals surface area contributed by atoms with Gasteiger partial charge in [-0.15, -0.1) is 0 Å². The SMILES string of the molecule is CCO[C@H](COc1ccc(F)cc1)C(=O)NCCc1ccc(OC(C)C)c(OC)c1. The highest BCUT2D eigenvalue weighted by atomic mass is 19.1. The van der Waals surface area contributed by atoms with Gasteiger partial charge in [0.2, 0.25) is 0 Å². The third-order valence-electron chi connectivity index (χ3n) is 4.18. The van der Waals surface area contributed by atoms with Gasteiger partial charge in [0.25, 0.3) is 5.91 Å². The summed E-state index contributed by atoms with van der Waals surface area (Å²) in [7, 11) is 1.60. The highest BCUT2D eigenvalue weighted by molar-refractivity contribution is 5.81. The van der Waals surface area contributed by atoms with Crippen molar-refractivity contribution in [2.45, 2.75) is 39.4 Å². The number of ether oxygens (including phenoxy) is 4. The van der Waals surface area contributed by atoms with Gasteiger partial charge in [-0.25, -0.2) is 4.39 Å². The fraction of sp³-hybridized carbons (Fsp3) is 0.435. The monoisotopic (exact) mass is 419 g/mol. The van der Waals surface area contributed by atoms with Crippen LogP contribution in [0.2, 0.25) is 0 Å². The van der Waals surface area contributed by atoms with Gasteiger partial charge < -0.3 is 24.3 Å². The minimum Gasteiger partial charge on any atom is -0.493 e. The molecule has 0 spiro atoms. The number of carbonyl (C=O) groups excluding carboxylic acids is 1. The van der Waals surface area contributed by atoms with Crippen LogP contribution in [0.3, 0.4) is 0 Å². The molecule has 30 heavy (non-hydrogen) atoms. The van der Waals surface area contributed by atoms with E-state index in [9.17, 15) is 9.18 Å².